The number of esters is 1. The molecule has 7 heteroatoms. The first-order valence-corrected chi connectivity index (χ1v) is 8.89. The molecule has 0 radical (unpaired) electrons. The molecule has 3 aromatic rings. The van der Waals surface area contributed by atoms with Crippen LogP contribution in [0.2, 0.25) is 0 Å². The lowest BCUT2D eigenvalue weighted by Gasteiger charge is -2.09. The Balaban J connectivity index is 1.72. The van der Waals surface area contributed by atoms with Crippen LogP contribution in [-0.4, -0.2) is 24.9 Å². The predicted molar refractivity (Wildman–Crippen MR) is 104 cm³/mol. The van der Waals surface area contributed by atoms with Crippen LogP contribution in [0.15, 0.2) is 66.0 Å². The zero-order chi connectivity index (χ0) is 19.2. The number of methoxy groups -OCH3 is 1. The molecule has 3 rings (SSSR count). The van der Waals surface area contributed by atoms with Gasteiger partial charge in [-0.05, 0) is 47.8 Å². The predicted octanol–water partition coefficient (Wildman–Crippen LogP) is 4.04. The van der Waals surface area contributed by atoms with Gasteiger partial charge in [0.2, 0.25) is 0 Å². The van der Waals surface area contributed by atoms with Gasteiger partial charge >= 0.3 is 5.97 Å². The molecule has 2 amide bonds. The van der Waals surface area contributed by atoms with Crippen LogP contribution in [0.4, 0.5) is 11.4 Å². The van der Waals surface area contributed by atoms with Gasteiger partial charge < -0.3 is 15.4 Å². The number of carbonyl (C=O) groups excluding carboxylic acids is 3. The molecular weight excluding hydrogens is 364 g/mol. The van der Waals surface area contributed by atoms with Crippen molar-refractivity contribution in [3.8, 4) is 0 Å². The van der Waals surface area contributed by atoms with Gasteiger partial charge in [0.05, 0.1) is 17.6 Å². The van der Waals surface area contributed by atoms with E-state index >= 15 is 0 Å². The van der Waals surface area contributed by atoms with Crippen LogP contribution in [0.5, 0.6) is 0 Å². The van der Waals surface area contributed by atoms with Crippen LogP contribution in [0, 0.1) is 0 Å². The fraction of sp³-hybridized carbons (Fsp3) is 0.0500. The van der Waals surface area contributed by atoms with Gasteiger partial charge in [0.15, 0.2) is 0 Å². The van der Waals surface area contributed by atoms with Gasteiger partial charge in [0.1, 0.15) is 0 Å². The fourth-order valence-electron chi connectivity index (χ4n) is 2.38. The number of nitrogens with one attached hydrogen (secondary N) is 2. The topological polar surface area (TPSA) is 84.5 Å². The summed E-state index contributed by atoms with van der Waals surface area (Å²) in [6.45, 7) is 0. The van der Waals surface area contributed by atoms with Crippen LogP contribution in [0.3, 0.4) is 0 Å². The first-order chi connectivity index (χ1) is 13.1. The molecule has 0 fully saturated rings. The highest BCUT2D eigenvalue weighted by Gasteiger charge is 2.11. The van der Waals surface area contributed by atoms with Crippen molar-refractivity contribution in [2.24, 2.45) is 0 Å². The van der Waals surface area contributed by atoms with E-state index in [1.54, 1.807) is 54.6 Å². The second-order valence-corrected chi connectivity index (χ2v) is 6.49. The van der Waals surface area contributed by atoms with Gasteiger partial charge in [-0.3, -0.25) is 9.59 Å². The zero-order valence-corrected chi connectivity index (χ0v) is 15.2. The third-order valence-electron chi connectivity index (χ3n) is 3.67. The lowest BCUT2D eigenvalue weighted by atomic mass is 10.1. The highest BCUT2D eigenvalue weighted by molar-refractivity contribution is 7.12. The van der Waals surface area contributed by atoms with E-state index in [1.165, 1.54) is 24.5 Å². The molecule has 1 aromatic heterocycles. The Morgan fingerprint density at radius 1 is 0.815 bits per heavy atom. The molecule has 0 saturated carbocycles. The van der Waals surface area contributed by atoms with E-state index in [-0.39, 0.29) is 11.8 Å². The number of thiophene rings is 1. The summed E-state index contributed by atoms with van der Waals surface area (Å²) in [6.07, 6.45) is 0. The SMILES string of the molecule is COC(=O)c1cccc(NC(=O)c2cccc(NC(=O)c3cccs3)c2)c1. The van der Waals surface area contributed by atoms with Crippen molar-refractivity contribution in [1.82, 2.24) is 0 Å². The molecule has 27 heavy (non-hydrogen) atoms. The summed E-state index contributed by atoms with van der Waals surface area (Å²) in [5.74, 6) is -1.07. The Morgan fingerprint density at radius 2 is 1.44 bits per heavy atom. The molecule has 0 spiro atoms. The maximum absolute atomic E-state index is 12.5. The second kappa shape index (κ2) is 8.29. The van der Waals surface area contributed by atoms with E-state index < -0.39 is 5.97 Å². The number of carbonyl (C=O) groups is 3. The van der Waals surface area contributed by atoms with Crippen LogP contribution in [0.25, 0.3) is 0 Å². The van der Waals surface area contributed by atoms with Crippen molar-refractivity contribution in [3.05, 3.63) is 82.0 Å². The Bertz CT molecular complexity index is 983. The lowest BCUT2D eigenvalue weighted by Crippen LogP contribution is -2.14. The number of hydrogen-bond donors (Lipinski definition) is 2. The minimum atomic E-state index is -0.482. The third-order valence-corrected chi connectivity index (χ3v) is 4.54. The molecule has 0 aliphatic rings. The molecule has 0 aliphatic carbocycles. The number of anilines is 2. The van der Waals surface area contributed by atoms with E-state index in [0.717, 1.165) is 0 Å². The molecule has 2 N–H and O–H groups in total. The first kappa shape index (κ1) is 18.3. The molecule has 0 aliphatic heterocycles. The average molecular weight is 380 g/mol. The molecule has 2 aromatic carbocycles. The van der Waals surface area contributed by atoms with Gasteiger partial charge in [0.25, 0.3) is 11.8 Å². The normalized spacial score (nSPS) is 10.1. The maximum Gasteiger partial charge on any atom is 0.337 e. The van der Waals surface area contributed by atoms with Crippen LogP contribution >= 0.6 is 11.3 Å². The molecule has 6 nitrogen and oxygen atoms in total. The number of ether oxygens (including phenoxy) is 1. The van der Waals surface area contributed by atoms with Crippen molar-refractivity contribution < 1.29 is 19.1 Å². The smallest absolute Gasteiger partial charge is 0.337 e. The number of hydrogen-bond acceptors (Lipinski definition) is 5. The van der Waals surface area contributed by atoms with E-state index in [2.05, 4.69) is 15.4 Å². The largest absolute Gasteiger partial charge is 0.465 e. The second-order valence-electron chi connectivity index (χ2n) is 5.54. The first-order valence-electron chi connectivity index (χ1n) is 8.01. The fourth-order valence-corrected chi connectivity index (χ4v) is 3.00. The average Bonchev–Trinajstić information content (AvgIpc) is 3.23. The Kier molecular flexibility index (Phi) is 5.63. The molecule has 0 saturated heterocycles. The summed E-state index contributed by atoms with van der Waals surface area (Å²) in [5, 5.41) is 7.31. The third kappa shape index (κ3) is 4.59. The summed E-state index contributed by atoms with van der Waals surface area (Å²) in [6, 6.07) is 16.6. The van der Waals surface area contributed by atoms with Crippen molar-refractivity contribution >= 4 is 40.5 Å². The van der Waals surface area contributed by atoms with Crippen LogP contribution in [0.1, 0.15) is 30.4 Å². The number of rotatable bonds is 5. The summed E-state index contributed by atoms with van der Waals surface area (Å²) >= 11 is 1.34. The van der Waals surface area contributed by atoms with Crippen LogP contribution in [-0.2, 0) is 4.74 Å². The minimum absolute atomic E-state index is 0.228. The maximum atomic E-state index is 12.5. The minimum Gasteiger partial charge on any atom is -0.465 e. The van der Waals surface area contributed by atoms with E-state index in [0.29, 0.717) is 27.4 Å². The molecular formula is C20H16N2O4S. The summed E-state index contributed by atoms with van der Waals surface area (Å²) in [7, 11) is 1.30. The zero-order valence-electron chi connectivity index (χ0n) is 14.4. The Hall–Kier alpha value is -3.45. The van der Waals surface area contributed by atoms with E-state index in [1.807, 2.05) is 5.38 Å². The number of benzene rings is 2. The van der Waals surface area contributed by atoms with Crippen molar-refractivity contribution in [3.63, 3.8) is 0 Å². The van der Waals surface area contributed by atoms with Gasteiger partial charge in [-0.1, -0.05) is 18.2 Å². The molecule has 1 heterocycles. The monoisotopic (exact) mass is 380 g/mol. The van der Waals surface area contributed by atoms with Crippen molar-refractivity contribution in [2.45, 2.75) is 0 Å². The summed E-state index contributed by atoms with van der Waals surface area (Å²) < 4.78 is 4.67. The summed E-state index contributed by atoms with van der Waals surface area (Å²) in [5.41, 5.74) is 1.70. The highest BCUT2D eigenvalue weighted by atomic mass is 32.1. The Labute approximate surface area is 159 Å². The molecule has 0 atom stereocenters. The van der Waals surface area contributed by atoms with Gasteiger partial charge in [-0.2, -0.15) is 0 Å². The van der Waals surface area contributed by atoms with E-state index in [4.69, 9.17) is 0 Å². The van der Waals surface area contributed by atoms with Gasteiger partial charge in [0, 0.05) is 16.9 Å². The lowest BCUT2D eigenvalue weighted by molar-refractivity contribution is 0.0600. The summed E-state index contributed by atoms with van der Waals surface area (Å²) in [4.78, 5) is 36.8. The van der Waals surface area contributed by atoms with Crippen molar-refractivity contribution in [1.29, 1.82) is 0 Å². The van der Waals surface area contributed by atoms with Gasteiger partial charge in [-0.25, -0.2) is 4.79 Å². The van der Waals surface area contributed by atoms with Gasteiger partial charge in [-0.15, -0.1) is 11.3 Å². The van der Waals surface area contributed by atoms with Crippen molar-refractivity contribution in [2.75, 3.05) is 17.7 Å². The van der Waals surface area contributed by atoms with Crippen LogP contribution < -0.4 is 10.6 Å². The Morgan fingerprint density at radius 3 is 2.07 bits per heavy atom. The quantitative estimate of drug-likeness (QED) is 0.654. The molecule has 136 valence electrons. The molecule has 0 bridgehead atoms. The van der Waals surface area contributed by atoms with E-state index in [9.17, 15) is 14.4 Å². The highest BCUT2D eigenvalue weighted by Crippen LogP contribution is 2.17. The standard InChI is InChI=1S/C20H16N2O4S/c1-26-20(25)14-6-3-8-16(12-14)21-18(23)13-5-2-7-15(11-13)22-19(24)17-9-4-10-27-17/h2-12H,1H3,(H,21,23)(H,22,24). The number of amides is 2. The molecule has 0 unspecified atom stereocenters.